The molecule has 0 radical (unpaired) electrons. The first-order valence-corrected chi connectivity index (χ1v) is 3.95. The molecule has 2 aromatic rings. The highest BCUT2D eigenvalue weighted by atomic mass is 16.4. The number of nitrogens with two attached hydrogens (primary N) is 1. The number of furan rings is 1. The van der Waals surface area contributed by atoms with Gasteiger partial charge >= 0.3 is 6.01 Å². The molecule has 0 saturated heterocycles. The predicted octanol–water partition coefficient (Wildman–Crippen LogP) is 1.03. The van der Waals surface area contributed by atoms with Crippen LogP contribution in [0.5, 0.6) is 0 Å². The summed E-state index contributed by atoms with van der Waals surface area (Å²) in [4.78, 5) is 0. The van der Waals surface area contributed by atoms with E-state index >= 15 is 0 Å². The van der Waals surface area contributed by atoms with Crippen molar-refractivity contribution < 1.29 is 8.83 Å². The van der Waals surface area contributed by atoms with Crippen LogP contribution in [0.15, 0.2) is 27.2 Å². The van der Waals surface area contributed by atoms with Gasteiger partial charge in [0.05, 0.1) is 6.26 Å². The highest BCUT2D eigenvalue weighted by Crippen LogP contribution is 2.07. The van der Waals surface area contributed by atoms with E-state index in [2.05, 4.69) is 10.2 Å². The van der Waals surface area contributed by atoms with Crippen molar-refractivity contribution in [2.45, 2.75) is 12.8 Å². The van der Waals surface area contributed by atoms with Crippen LogP contribution in [0, 0.1) is 0 Å². The fraction of sp³-hybridized carbons (Fsp3) is 0.250. The molecule has 13 heavy (non-hydrogen) atoms. The monoisotopic (exact) mass is 179 g/mol. The number of hydrogen-bond donors (Lipinski definition) is 1. The Kier molecular flexibility index (Phi) is 1.99. The Bertz CT molecular complexity index is 366. The van der Waals surface area contributed by atoms with Crippen LogP contribution in [0.25, 0.3) is 0 Å². The third kappa shape index (κ3) is 1.87. The lowest BCUT2D eigenvalue weighted by Crippen LogP contribution is -1.89. The van der Waals surface area contributed by atoms with E-state index in [9.17, 15) is 0 Å². The zero-order valence-electron chi connectivity index (χ0n) is 6.93. The molecule has 5 heteroatoms. The Balaban J connectivity index is 1.93. The topological polar surface area (TPSA) is 78.1 Å². The van der Waals surface area contributed by atoms with Gasteiger partial charge in [-0.3, -0.25) is 0 Å². The maximum Gasteiger partial charge on any atom is 0.312 e. The highest BCUT2D eigenvalue weighted by molar-refractivity contribution is 5.06. The van der Waals surface area contributed by atoms with Gasteiger partial charge in [-0.25, -0.2) is 0 Å². The van der Waals surface area contributed by atoms with E-state index in [1.165, 1.54) is 0 Å². The molecule has 0 aliphatic rings. The molecule has 2 aromatic heterocycles. The van der Waals surface area contributed by atoms with Gasteiger partial charge in [0.25, 0.3) is 0 Å². The van der Waals surface area contributed by atoms with E-state index in [1.54, 1.807) is 6.26 Å². The Morgan fingerprint density at radius 2 is 2.23 bits per heavy atom. The number of rotatable bonds is 3. The van der Waals surface area contributed by atoms with E-state index in [0.717, 1.165) is 12.2 Å². The lowest BCUT2D eigenvalue weighted by molar-refractivity contribution is 0.473. The molecule has 0 spiro atoms. The third-order valence-corrected chi connectivity index (χ3v) is 1.65. The van der Waals surface area contributed by atoms with Gasteiger partial charge in [-0.15, -0.1) is 5.10 Å². The molecule has 2 rings (SSSR count). The van der Waals surface area contributed by atoms with E-state index < -0.39 is 0 Å². The van der Waals surface area contributed by atoms with E-state index in [0.29, 0.717) is 12.3 Å². The van der Waals surface area contributed by atoms with Crippen LogP contribution in [0.2, 0.25) is 0 Å². The summed E-state index contributed by atoms with van der Waals surface area (Å²) in [6.07, 6.45) is 3.03. The number of nitrogen functional groups attached to an aromatic ring is 1. The number of aromatic nitrogens is 2. The van der Waals surface area contributed by atoms with Gasteiger partial charge in [0.2, 0.25) is 5.89 Å². The standard InChI is InChI=1S/C8H9N3O2/c9-8-11-10-7(13-8)4-3-6-2-1-5-12-6/h1-2,5H,3-4H2,(H2,9,11). The largest absolute Gasteiger partial charge is 0.469 e. The van der Waals surface area contributed by atoms with Crippen molar-refractivity contribution in [2.75, 3.05) is 5.73 Å². The van der Waals surface area contributed by atoms with Gasteiger partial charge in [0.15, 0.2) is 0 Å². The summed E-state index contributed by atoms with van der Waals surface area (Å²) in [5.41, 5.74) is 5.26. The van der Waals surface area contributed by atoms with Crippen LogP contribution in [-0.2, 0) is 12.8 Å². The average Bonchev–Trinajstić information content (AvgIpc) is 2.71. The molecule has 2 heterocycles. The smallest absolute Gasteiger partial charge is 0.312 e. The van der Waals surface area contributed by atoms with Crippen molar-refractivity contribution in [3.05, 3.63) is 30.0 Å². The summed E-state index contributed by atoms with van der Waals surface area (Å²) in [5, 5.41) is 7.28. The lowest BCUT2D eigenvalue weighted by Gasteiger charge is -1.90. The van der Waals surface area contributed by atoms with E-state index in [-0.39, 0.29) is 6.01 Å². The van der Waals surface area contributed by atoms with Crippen LogP contribution in [0.3, 0.4) is 0 Å². The van der Waals surface area contributed by atoms with Crippen molar-refractivity contribution in [2.24, 2.45) is 0 Å². The van der Waals surface area contributed by atoms with Gasteiger partial charge in [0, 0.05) is 12.8 Å². The summed E-state index contributed by atoms with van der Waals surface area (Å²) in [5.74, 6) is 1.44. The van der Waals surface area contributed by atoms with Crippen LogP contribution in [0.4, 0.5) is 6.01 Å². The maximum atomic E-state index is 5.26. The minimum absolute atomic E-state index is 0.106. The first-order valence-electron chi connectivity index (χ1n) is 3.95. The van der Waals surface area contributed by atoms with Crippen LogP contribution < -0.4 is 5.73 Å². The fourth-order valence-electron chi connectivity index (χ4n) is 1.05. The molecule has 0 aliphatic carbocycles. The molecular weight excluding hydrogens is 170 g/mol. The number of hydrogen-bond acceptors (Lipinski definition) is 5. The van der Waals surface area contributed by atoms with Crippen LogP contribution in [-0.4, -0.2) is 10.2 Å². The Hall–Kier alpha value is -1.78. The Morgan fingerprint density at radius 1 is 1.31 bits per heavy atom. The molecule has 0 fully saturated rings. The third-order valence-electron chi connectivity index (χ3n) is 1.65. The van der Waals surface area contributed by atoms with Gasteiger partial charge < -0.3 is 14.6 Å². The summed E-state index contributed by atoms with van der Waals surface area (Å²) < 4.78 is 10.1. The summed E-state index contributed by atoms with van der Waals surface area (Å²) in [6, 6.07) is 3.85. The molecule has 2 N–H and O–H groups in total. The van der Waals surface area contributed by atoms with Gasteiger partial charge in [-0.2, -0.15) is 0 Å². The minimum Gasteiger partial charge on any atom is -0.469 e. The van der Waals surface area contributed by atoms with Gasteiger partial charge in [0.1, 0.15) is 5.76 Å². The van der Waals surface area contributed by atoms with E-state index in [1.807, 2.05) is 12.1 Å². The number of nitrogens with zero attached hydrogens (tertiary/aromatic N) is 2. The molecule has 68 valence electrons. The van der Waals surface area contributed by atoms with Crippen LogP contribution in [0.1, 0.15) is 11.7 Å². The molecule has 0 saturated carbocycles. The normalized spacial score (nSPS) is 10.5. The van der Waals surface area contributed by atoms with Crippen molar-refractivity contribution in [3.63, 3.8) is 0 Å². The molecular formula is C8H9N3O2. The van der Waals surface area contributed by atoms with Crippen molar-refractivity contribution in [1.29, 1.82) is 0 Å². The zero-order valence-corrected chi connectivity index (χ0v) is 6.93. The summed E-state index contributed by atoms with van der Waals surface area (Å²) >= 11 is 0. The van der Waals surface area contributed by atoms with Crippen molar-refractivity contribution in [1.82, 2.24) is 10.2 Å². The van der Waals surface area contributed by atoms with Gasteiger partial charge in [-0.05, 0) is 12.1 Å². The Labute approximate surface area is 74.6 Å². The molecule has 5 nitrogen and oxygen atoms in total. The van der Waals surface area contributed by atoms with Crippen molar-refractivity contribution in [3.8, 4) is 0 Å². The van der Waals surface area contributed by atoms with Gasteiger partial charge in [-0.1, -0.05) is 5.10 Å². The second-order valence-electron chi connectivity index (χ2n) is 2.61. The second kappa shape index (κ2) is 3.30. The quantitative estimate of drug-likeness (QED) is 0.761. The summed E-state index contributed by atoms with van der Waals surface area (Å²) in [6.45, 7) is 0. The highest BCUT2D eigenvalue weighted by Gasteiger charge is 2.03. The molecule has 0 bridgehead atoms. The minimum atomic E-state index is 0.106. The summed E-state index contributed by atoms with van der Waals surface area (Å²) in [7, 11) is 0. The maximum absolute atomic E-state index is 5.26. The number of aryl methyl sites for hydroxylation is 2. The molecule has 0 aliphatic heterocycles. The SMILES string of the molecule is Nc1nnc(CCc2ccco2)o1. The molecule has 0 unspecified atom stereocenters. The zero-order chi connectivity index (χ0) is 9.10. The fourth-order valence-corrected chi connectivity index (χ4v) is 1.05. The number of anilines is 1. The molecule has 0 amide bonds. The Morgan fingerprint density at radius 3 is 2.85 bits per heavy atom. The first-order chi connectivity index (χ1) is 6.34. The second-order valence-corrected chi connectivity index (χ2v) is 2.61. The predicted molar refractivity (Wildman–Crippen MR) is 44.8 cm³/mol. The first kappa shape index (κ1) is 7.85. The van der Waals surface area contributed by atoms with Crippen molar-refractivity contribution >= 4 is 6.01 Å². The van der Waals surface area contributed by atoms with Crippen LogP contribution >= 0.6 is 0 Å². The van der Waals surface area contributed by atoms with E-state index in [4.69, 9.17) is 14.6 Å². The molecule has 0 aromatic carbocycles. The average molecular weight is 179 g/mol. The lowest BCUT2D eigenvalue weighted by atomic mass is 10.2. The molecule has 0 atom stereocenters.